The summed E-state index contributed by atoms with van der Waals surface area (Å²) in [4.78, 5) is 28.7. The molecule has 6 nitrogen and oxygen atoms in total. The summed E-state index contributed by atoms with van der Waals surface area (Å²) < 4.78 is 6.85. The Balaban J connectivity index is 1.82. The van der Waals surface area contributed by atoms with Gasteiger partial charge in [0.1, 0.15) is 23.8 Å². The molecule has 0 saturated carbocycles. The topological polar surface area (TPSA) is 77.1 Å². The van der Waals surface area contributed by atoms with Gasteiger partial charge in [0.05, 0.1) is 17.6 Å². The number of hydrogen-bond donors (Lipinski definition) is 1. The minimum Gasteiger partial charge on any atom is -0.465 e. The Morgan fingerprint density at radius 1 is 1.22 bits per heavy atom. The van der Waals surface area contributed by atoms with Gasteiger partial charge in [0, 0.05) is 0 Å². The summed E-state index contributed by atoms with van der Waals surface area (Å²) in [6.45, 7) is 3.73. The molecule has 1 aromatic carbocycles. The highest BCUT2D eigenvalue weighted by atomic mass is 16.3. The van der Waals surface area contributed by atoms with E-state index in [9.17, 15) is 9.59 Å². The lowest BCUT2D eigenvalue weighted by molar-refractivity contribution is -0.121. The van der Waals surface area contributed by atoms with Crippen LogP contribution in [0.25, 0.3) is 11.0 Å². The van der Waals surface area contributed by atoms with Crippen molar-refractivity contribution in [2.75, 3.05) is 0 Å². The predicted molar refractivity (Wildman–Crippen MR) is 86.0 cm³/mol. The van der Waals surface area contributed by atoms with Crippen molar-refractivity contribution in [3.05, 3.63) is 64.0 Å². The van der Waals surface area contributed by atoms with Gasteiger partial charge in [-0.15, -0.1) is 0 Å². The Labute approximate surface area is 132 Å². The molecule has 0 saturated heterocycles. The van der Waals surface area contributed by atoms with Gasteiger partial charge < -0.3 is 9.73 Å². The van der Waals surface area contributed by atoms with E-state index < -0.39 is 0 Å². The number of rotatable bonds is 4. The van der Waals surface area contributed by atoms with Crippen molar-refractivity contribution >= 4 is 16.9 Å². The summed E-state index contributed by atoms with van der Waals surface area (Å²) in [6, 6.07) is 10.9. The highest BCUT2D eigenvalue weighted by Crippen LogP contribution is 2.10. The van der Waals surface area contributed by atoms with Gasteiger partial charge in [-0.25, -0.2) is 4.98 Å². The second-order valence-corrected chi connectivity index (χ2v) is 5.37. The quantitative estimate of drug-likeness (QED) is 0.798. The number of furan rings is 1. The molecule has 23 heavy (non-hydrogen) atoms. The van der Waals surface area contributed by atoms with E-state index in [4.69, 9.17) is 4.42 Å². The number of amides is 1. The number of carbonyl (C=O) groups excluding carboxylic acids is 1. The number of benzene rings is 1. The van der Waals surface area contributed by atoms with Crippen LogP contribution in [0.3, 0.4) is 0 Å². The van der Waals surface area contributed by atoms with Crippen LogP contribution in [0.5, 0.6) is 0 Å². The molecule has 3 rings (SSSR count). The lowest BCUT2D eigenvalue weighted by Gasteiger charge is -2.11. The van der Waals surface area contributed by atoms with Crippen LogP contribution in [0.4, 0.5) is 0 Å². The third kappa shape index (κ3) is 3.15. The lowest BCUT2D eigenvalue weighted by Crippen LogP contribution is -2.33. The molecule has 0 fully saturated rings. The highest BCUT2D eigenvalue weighted by Gasteiger charge is 2.11. The van der Waals surface area contributed by atoms with Crippen LogP contribution in [0.2, 0.25) is 0 Å². The van der Waals surface area contributed by atoms with Crippen molar-refractivity contribution in [1.82, 2.24) is 14.9 Å². The molecule has 2 heterocycles. The second kappa shape index (κ2) is 6.08. The fourth-order valence-electron chi connectivity index (χ4n) is 2.44. The smallest absolute Gasteiger partial charge is 0.272 e. The van der Waals surface area contributed by atoms with E-state index >= 15 is 0 Å². The minimum atomic E-state index is -0.257. The van der Waals surface area contributed by atoms with Crippen molar-refractivity contribution in [1.29, 1.82) is 0 Å². The number of carbonyl (C=O) groups is 1. The average molecular weight is 311 g/mol. The van der Waals surface area contributed by atoms with Crippen LogP contribution in [0.1, 0.15) is 17.2 Å². The molecule has 3 aromatic rings. The van der Waals surface area contributed by atoms with Gasteiger partial charge in [0.2, 0.25) is 5.91 Å². The lowest BCUT2D eigenvalue weighted by atomic mass is 10.2. The van der Waals surface area contributed by atoms with Gasteiger partial charge in [-0.2, -0.15) is 0 Å². The third-order valence-electron chi connectivity index (χ3n) is 3.57. The van der Waals surface area contributed by atoms with E-state index in [1.807, 2.05) is 37.3 Å². The Morgan fingerprint density at radius 2 is 2.00 bits per heavy atom. The predicted octanol–water partition coefficient (Wildman–Crippen LogP) is 1.92. The summed E-state index contributed by atoms with van der Waals surface area (Å²) in [6.07, 6.45) is 0. The maximum atomic E-state index is 12.3. The first-order valence-corrected chi connectivity index (χ1v) is 7.33. The molecule has 0 aliphatic heterocycles. The molecule has 0 atom stereocenters. The Kier molecular flexibility index (Phi) is 3.97. The van der Waals surface area contributed by atoms with E-state index in [1.54, 1.807) is 13.0 Å². The van der Waals surface area contributed by atoms with Gasteiger partial charge in [0.15, 0.2) is 0 Å². The van der Waals surface area contributed by atoms with E-state index in [-0.39, 0.29) is 18.0 Å². The van der Waals surface area contributed by atoms with Gasteiger partial charge in [0.25, 0.3) is 5.56 Å². The van der Waals surface area contributed by atoms with Crippen LogP contribution in [0.15, 0.2) is 45.6 Å². The van der Waals surface area contributed by atoms with E-state index in [2.05, 4.69) is 10.3 Å². The molecule has 0 unspecified atom stereocenters. The van der Waals surface area contributed by atoms with Crippen molar-refractivity contribution in [3.63, 3.8) is 0 Å². The van der Waals surface area contributed by atoms with Crippen LogP contribution in [-0.2, 0) is 17.9 Å². The molecule has 0 radical (unpaired) electrons. The fraction of sp³-hybridized carbons (Fsp3) is 0.235. The third-order valence-corrected chi connectivity index (χ3v) is 3.57. The number of aromatic nitrogens is 2. The summed E-state index contributed by atoms with van der Waals surface area (Å²) in [5.41, 5.74) is 1.46. The molecule has 0 spiro atoms. The zero-order valence-corrected chi connectivity index (χ0v) is 13.0. The van der Waals surface area contributed by atoms with Crippen molar-refractivity contribution < 1.29 is 9.21 Å². The molecule has 2 aromatic heterocycles. The summed E-state index contributed by atoms with van der Waals surface area (Å²) in [5, 5.41) is 2.76. The maximum absolute atomic E-state index is 12.3. The first kappa shape index (κ1) is 15.0. The molecule has 1 N–H and O–H groups in total. The Morgan fingerprint density at radius 3 is 2.74 bits per heavy atom. The number of hydrogen-bond acceptors (Lipinski definition) is 4. The molecule has 0 aliphatic carbocycles. The van der Waals surface area contributed by atoms with Gasteiger partial charge in [-0.3, -0.25) is 14.2 Å². The SMILES string of the molecule is Cc1ccc(CNC(=O)Cn2c(=O)c(C)nc3ccccc32)o1. The van der Waals surface area contributed by atoms with Crippen molar-refractivity contribution in [2.45, 2.75) is 26.9 Å². The van der Waals surface area contributed by atoms with Gasteiger partial charge >= 0.3 is 0 Å². The van der Waals surface area contributed by atoms with E-state index in [0.717, 1.165) is 5.76 Å². The number of para-hydroxylation sites is 2. The number of nitrogens with zero attached hydrogens (tertiary/aromatic N) is 2. The van der Waals surface area contributed by atoms with Gasteiger partial charge in [-0.1, -0.05) is 12.1 Å². The monoisotopic (exact) mass is 311 g/mol. The fourth-order valence-corrected chi connectivity index (χ4v) is 2.44. The normalized spacial score (nSPS) is 10.9. The van der Waals surface area contributed by atoms with E-state index in [1.165, 1.54) is 4.57 Å². The summed E-state index contributed by atoms with van der Waals surface area (Å²) >= 11 is 0. The molecule has 0 bridgehead atoms. The van der Waals surface area contributed by atoms with Crippen molar-refractivity contribution in [3.8, 4) is 0 Å². The largest absolute Gasteiger partial charge is 0.465 e. The standard InChI is InChI=1S/C17H17N3O3/c1-11-7-8-13(23-11)9-18-16(21)10-20-15-6-4-3-5-14(15)19-12(2)17(20)22/h3-8H,9-10H2,1-2H3,(H,18,21). The van der Waals surface area contributed by atoms with Gasteiger partial charge in [-0.05, 0) is 38.1 Å². The average Bonchev–Trinajstić information content (AvgIpc) is 2.95. The van der Waals surface area contributed by atoms with Crippen LogP contribution in [0, 0.1) is 13.8 Å². The van der Waals surface area contributed by atoms with E-state index in [0.29, 0.717) is 29.0 Å². The first-order chi connectivity index (χ1) is 11.0. The zero-order valence-electron chi connectivity index (χ0n) is 13.0. The molecule has 6 heteroatoms. The molecule has 118 valence electrons. The molecule has 0 aliphatic rings. The molecular formula is C17H17N3O3. The first-order valence-electron chi connectivity index (χ1n) is 7.33. The molecular weight excluding hydrogens is 294 g/mol. The maximum Gasteiger partial charge on any atom is 0.272 e. The minimum absolute atomic E-state index is 0.0532. The number of nitrogens with one attached hydrogen (secondary N) is 1. The van der Waals surface area contributed by atoms with Crippen molar-refractivity contribution in [2.24, 2.45) is 0 Å². The highest BCUT2D eigenvalue weighted by molar-refractivity contribution is 5.80. The Hall–Kier alpha value is -2.89. The molecule has 1 amide bonds. The van der Waals surface area contributed by atoms with Crippen LogP contribution < -0.4 is 10.9 Å². The zero-order chi connectivity index (χ0) is 16.4. The Bertz CT molecular complexity index is 924. The number of fused-ring (bicyclic) bond motifs is 1. The second-order valence-electron chi connectivity index (χ2n) is 5.37. The number of aryl methyl sites for hydroxylation is 2. The van der Waals surface area contributed by atoms with Crippen LogP contribution >= 0.6 is 0 Å². The van der Waals surface area contributed by atoms with Crippen LogP contribution in [-0.4, -0.2) is 15.5 Å². The summed E-state index contributed by atoms with van der Waals surface area (Å²) in [7, 11) is 0. The summed E-state index contributed by atoms with van der Waals surface area (Å²) in [5.74, 6) is 1.22.